The lowest BCUT2D eigenvalue weighted by atomic mass is 10.1. The molecule has 1 unspecified atom stereocenters. The summed E-state index contributed by atoms with van der Waals surface area (Å²) in [6, 6.07) is 2.13. The summed E-state index contributed by atoms with van der Waals surface area (Å²) in [7, 11) is 0. The van der Waals surface area contributed by atoms with Gasteiger partial charge in [-0.1, -0.05) is 0 Å². The highest BCUT2D eigenvalue weighted by Gasteiger charge is 2.17. The van der Waals surface area contributed by atoms with Crippen LogP contribution >= 0.6 is 0 Å². The van der Waals surface area contributed by atoms with E-state index in [1.54, 1.807) is 0 Å². The molecule has 6 nitrogen and oxygen atoms in total. The lowest BCUT2D eigenvalue weighted by Gasteiger charge is -2.16. The fourth-order valence-corrected chi connectivity index (χ4v) is 2.27. The Hall–Kier alpha value is -1.66. The molecule has 3 N–H and O–H groups in total. The first kappa shape index (κ1) is 13.8. The molecule has 1 atom stereocenters. The van der Waals surface area contributed by atoms with Crippen molar-refractivity contribution in [2.45, 2.75) is 46.3 Å². The largest absolute Gasteiger partial charge is 0.273 e. The van der Waals surface area contributed by atoms with Gasteiger partial charge in [0.2, 0.25) is 0 Å². The van der Waals surface area contributed by atoms with Gasteiger partial charge < -0.3 is 0 Å². The number of hydrogen-bond acceptors (Lipinski definition) is 4. The van der Waals surface area contributed by atoms with Crippen molar-refractivity contribution in [2.24, 2.45) is 5.84 Å². The van der Waals surface area contributed by atoms with Crippen molar-refractivity contribution in [1.82, 2.24) is 25.0 Å². The van der Waals surface area contributed by atoms with Crippen LogP contribution < -0.4 is 11.3 Å². The van der Waals surface area contributed by atoms with E-state index in [1.165, 1.54) is 5.56 Å². The van der Waals surface area contributed by atoms with Crippen LogP contribution in [0.5, 0.6) is 0 Å². The van der Waals surface area contributed by atoms with Crippen LogP contribution in [0.4, 0.5) is 0 Å². The van der Waals surface area contributed by atoms with Gasteiger partial charge in [-0.05, 0) is 38.8 Å². The van der Waals surface area contributed by atoms with Crippen LogP contribution in [0.15, 0.2) is 18.5 Å². The molecule has 0 saturated heterocycles. The Morgan fingerprint density at radius 3 is 2.74 bits per heavy atom. The van der Waals surface area contributed by atoms with Gasteiger partial charge in [-0.2, -0.15) is 10.2 Å². The van der Waals surface area contributed by atoms with Gasteiger partial charge in [-0.15, -0.1) is 0 Å². The third kappa shape index (κ3) is 3.02. The van der Waals surface area contributed by atoms with Gasteiger partial charge in [0.1, 0.15) is 0 Å². The Bertz CT molecular complexity index is 527. The summed E-state index contributed by atoms with van der Waals surface area (Å²) in [5.41, 5.74) is 6.19. The third-order valence-electron chi connectivity index (χ3n) is 3.24. The number of aryl methyl sites for hydroxylation is 3. The minimum absolute atomic E-state index is 0.0515. The summed E-state index contributed by atoms with van der Waals surface area (Å²) >= 11 is 0. The van der Waals surface area contributed by atoms with Crippen molar-refractivity contribution in [3.8, 4) is 0 Å². The number of hydrogen-bond donors (Lipinski definition) is 2. The topological polar surface area (TPSA) is 73.7 Å². The maximum atomic E-state index is 5.71. The second kappa shape index (κ2) is 5.99. The van der Waals surface area contributed by atoms with Gasteiger partial charge in [-0.3, -0.25) is 20.6 Å². The molecule has 0 aromatic carbocycles. The van der Waals surface area contributed by atoms with E-state index in [-0.39, 0.29) is 6.04 Å². The Morgan fingerprint density at radius 1 is 1.37 bits per heavy atom. The predicted octanol–water partition coefficient (Wildman–Crippen LogP) is 1.17. The van der Waals surface area contributed by atoms with Crippen molar-refractivity contribution < 1.29 is 0 Å². The standard InChI is InChI=1S/C13H22N6/c1-4-18-9-11(8-15-18)7-12(16-14)13-6-10(3)17-19(13)5-2/h6,8-9,12,16H,4-5,7,14H2,1-3H3. The normalized spacial score (nSPS) is 12.8. The molecule has 0 aliphatic rings. The van der Waals surface area contributed by atoms with Gasteiger partial charge in [0.15, 0.2) is 0 Å². The zero-order valence-corrected chi connectivity index (χ0v) is 11.8. The molecule has 0 amide bonds. The van der Waals surface area contributed by atoms with Crippen LogP contribution in [0.2, 0.25) is 0 Å². The number of nitrogens with one attached hydrogen (secondary N) is 1. The highest BCUT2D eigenvalue weighted by Crippen LogP contribution is 2.18. The zero-order chi connectivity index (χ0) is 13.8. The van der Waals surface area contributed by atoms with Crippen LogP contribution in [0.1, 0.15) is 36.8 Å². The lowest BCUT2D eigenvalue weighted by Crippen LogP contribution is -2.31. The molecule has 0 aliphatic heterocycles. The number of nitrogens with zero attached hydrogens (tertiary/aromatic N) is 4. The number of rotatable bonds is 6. The molecule has 0 bridgehead atoms. The van der Waals surface area contributed by atoms with E-state index in [9.17, 15) is 0 Å². The van der Waals surface area contributed by atoms with Crippen LogP contribution in [0.3, 0.4) is 0 Å². The highest BCUT2D eigenvalue weighted by atomic mass is 15.3. The zero-order valence-electron chi connectivity index (χ0n) is 11.8. The van der Waals surface area contributed by atoms with Gasteiger partial charge >= 0.3 is 0 Å². The quantitative estimate of drug-likeness (QED) is 0.605. The Labute approximate surface area is 113 Å². The Morgan fingerprint density at radius 2 is 2.16 bits per heavy atom. The van der Waals surface area contributed by atoms with Gasteiger partial charge in [-0.25, -0.2) is 0 Å². The first-order valence-corrected chi connectivity index (χ1v) is 6.69. The highest BCUT2D eigenvalue weighted by molar-refractivity contribution is 5.17. The fraction of sp³-hybridized carbons (Fsp3) is 0.538. The molecule has 0 aliphatic carbocycles. The Kier molecular flexibility index (Phi) is 4.34. The first-order chi connectivity index (χ1) is 9.17. The second-order valence-corrected chi connectivity index (χ2v) is 4.65. The lowest BCUT2D eigenvalue weighted by molar-refractivity contribution is 0.490. The third-order valence-corrected chi connectivity index (χ3v) is 3.24. The molecule has 2 aromatic heterocycles. The van der Waals surface area contributed by atoms with E-state index in [1.807, 2.05) is 22.5 Å². The molecular weight excluding hydrogens is 240 g/mol. The van der Waals surface area contributed by atoms with Gasteiger partial charge in [0, 0.05) is 19.3 Å². The second-order valence-electron chi connectivity index (χ2n) is 4.65. The van der Waals surface area contributed by atoms with Crippen molar-refractivity contribution >= 4 is 0 Å². The molecular formula is C13H22N6. The van der Waals surface area contributed by atoms with E-state index < -0.39 is 0 Å². The minimum Gasteiger partial charge on any atom is -0.273 e. The van der Waals surface area contributed by atoms with Crippen molar-refractivity contribution in [2.75, 3.05) is 0 Å². The van der Waals surface area contributed by atoms with E-state index in [0.717, 1.165) is 30.9 Å². The number of aromatic nitrogens is 4. The van der Waals surface area contributed by atoms with E-state index in [4.69, 9.17) is 5.84 Å². The van der Waals surface area contributed by atoms with Crippen molar-refractivity contribution in [1.29, 1.82) is 0 Å². The molecule has 104 valence electrons. The molecule has 6 heteroatoms. The van der Waals surface area contributed by atoms with Crippen LogP contribution in [-0.2, 0) is 19.5 Å². The summed E-state index contributed by atoms with van der Waals surface area (Å²) in [5.74, 6) is 5.71. The predicted molar refractivity (Wildman–Crippen MR) is 74.3 cm³/mol. The van der Waals surface area contributed by atoms with E-state index >= 15 is 0 Å². The summed E-state index contributed by atoms with van der Waals surface area (Å²) in [6.45, 7) is 7.88. The molecule has 2 aromatic rings. The Balaban J connectivity index is 2.19. The van der Waals surface area contributed by atoms with Crippen LogP contribution in [0, 0.1) is 6.92 Å². The number of nitrogens with two attached hydrogens (primary N) is 1. The monoisotopic (exact) mass is 262 g/mol. The minimum atomic E-state index is 0.0515. The average Bonchev–Trinajstić information content (AvgIpc) is 3.01. The van der Waals surface area contributed by atoms with Gasteiger partial charge in [0.25, 0.3) is 0 Å². The number of hydrazine groups is 1. The first-order valence-electron chi connectivity index (χ1n) is 6.69. The van der Waals surface area contributed by atoms with Gasteiger partial charge in [0.05, 0.1) is 23.6 Å². The summed E-state index contributed by atoms with van der Waals surface area (Å²) < 4.78 is 3.91. The molecule has 0 saturated carbocycles. The molecule has 2 rings (SSSR count). The van der Waals surface area contributed by atoms with Crippen molar-refractivity contribution in [3.63, 3.8) is 0 Å². The maximum absolute atomic E-state index is 5.71. The van der Waals surface area contributed by atoms with Crippen LogP contribution in [0.25, 0.3) is 0 Å². The average molecular weight is 262 g/mol. The molecule has 19 heavy (non-hydrogen) atoms. The maximum Gasteiger partial charge on any atom is 0.0670 e. The van der Waals surface area contributed by atoms with Crippen molar-refractivity contribution in [3.05, 3.63) is 35.4 Å². The molecule has 0 fully saturated rings. The fourth-order valence-electron chi connectivity index (χ4n) is 2.27. The molecule has 2 heterocycles. The van der Waals surface area contributed by atoms with E-state index in [0.29, 0.717) is 0 Å². The van der Waals surface area contributed by atoms with E-state index in [2.05, 4.69) is 41.7 Å². The summed E-state index contributed by atoms with van der Waals surface area (Å²) in [6.07, 6.45) is 4.76. The summed E-state index contributed by atoms with van der Waals surface area (Å²) in [4.78, 5) is 0. The molecule has 0 spiro atoms. The molecule has 0 radical (unpaired) electrons. The summed E-state index contributed by atoms with van der Waals surface area (Å²) in [5, 5.41) is 8.75. The SMILES string of the molecule is CCn1cc(CC(NN)c2cc(C)nn2CC)cn1. The van der Waals surface area contributed by atoms with Crippen LogP contribution in [-0.4, -0.2) is 19.6 Å². The smallest absolute Gasteiger partial charge is 0.0670 e.